The van der Waals surface area contributed by atoms with Gasteiger partial charge in [0.2, 0.25) is 0 Å². The molecule has 2 aromatic rings. The van der Waals surface area contributed by atoms with Gasteiger partial charge in [-0.1, -0.05) is 62.7 Å². The van der Waals surface area contributed by atoms with Crippen molar-refractivity contribution < 1.29 is 19.9 Å². The summed E-state index contributed by atoms with van der Waals surface area (Å²) < 4.78 is 11.6. The standard InChI is InChI=1S/C29H42N2O4/c1-3-5-7-9-22-34-26-18-14-24(15-19-26)28(30-32)12-11-13-29(31-33)25-16-20-27(21-17-25)35-23-10-8-6-4-2/h14-21,32-33H,3-13,22-23H2,1-2H3/b30-28-,31-29-. The predicted molar refractivity (Wildman–Crippen MR) is 143 cm³/mol. The van der Waals surface area contributed by atoms with Gasteiger partial charge in [0.1, 0.15) is 11.5 Å². The van der Waals surface area contributed by atoms with Crippen molar-refractivity contribution in [3.8, 4) is 11.5 Å². The third-order valence-electron chi connectivity index (χ3n) is 5.98. The van der Waals surface area contributed by atoms with E-state index in [4.69, 9.17) is 9.47 Å². The van der Waals surface area contributed by atoms with Crippen LogP contribution in [0.15, 0.2) is 58.8 Å². The van der Waals surface area contributed by atoms with Crippen molar-refractivity contribution in [2.45, 2.75) is 84.5 Å². The fourth-order valence-electron chi connectivity index (χ4n) is 3.85. The summed E-state index contributed by atoms with van der Waals surface area (Å²) in [6, 6.07) is 15.3. The summed E-state index contributed by atoms with van der Waals surface area (Å²) in [5, 5.41) is 26.0. The zero-order chi connectivity index (χ0) is 25.1. The summed E-state index contributed by atoms with van der Waals surface area (Å²) >= 11 is 0. The van der Waals surface area contributed by atoms with Gasteiger partial charge in [-0.15, -0.1) is 0 Å². The van der Waals surface area contributed by atoms with Gasteiger partial charge < -0.3 is 19.9 Å². The fourth-order valence-corrected chi connectivity index (χ4v) is 3.85. The van der Waals surface area contributed by atoms with Gasteiger partial charge in [0, 0.05) is 0 Å². The average molecular weight is 483 g/mol. The highest BCUT2D eigenvalue weighted by Crippen LogP contribution is 2.18. The summed E-state index contributed by atoms with van der Waals surface area (Å²) in [5.74, 6) is 1.65. The van der Waals surface area contributed by atoms with E-state index in [1.54, 1.807) is 0 Å². The molecule has 0 heterocycles. The first-order chi connectivity index (χ1) is 17.2. The summed E-state index contributed by atoms with van der Waals surface area (Å²) in [6.07, 6.45) is 11.2. The van der Waals surface area contributed by atoms with Gasteiger partial charge >= 0.3 is 0 Å². The lowest BCUT2D eigenvalue weighted by Gasteiger charge is -2.10. The Morgan fingerprint density at radius 1 is 0.571 bits per heavy atom. The molecule has 2 aromatic carbocycles. The van der Waals surface area contributed by atoms with Crippen molar-refractivity contribution >= 4 is 11.4 Å². The minimum atomic E-state index is 0.561. The Morgan fingerprint density at radius 3 is 1.31 bits per heavy atom. The van der Waals surface area contributed by atoms with E-state index in [-0.39, 0.29) is 0 Å². The second-order valence-corrected chi connectivity index (χ2v) is 8.81. The quantitative estimate of drug-likeness (QED) is 0.0981. The molecule has 6 nitrogen and oxygen atoms in total. The highest BCUT2D eigenvalue weighted by atomic mass is 16.5. The average Bonchev–Trinajstić information content (AvgIpc) is 2.90. The SMILES string of the molecule is CCCCCCOc1ccc(/C(CCC/C(=N/O)c2ccc(OCCCCCC)cc2)=N\O)cc1. The number of hydrogen-bond acceptors (Lipinski definition) is 6. The number of benzene rings is 2. The molecule has 0 fully saturated rings. The minimum absolute atomic E-state index is 0.561. The molecule has 0 atom stereocenters. The van der Waals surface area contributed by atoms with Gasteiger partial charge in [-0.2, -0.15) is 0 Å². The van der Waals surface area contributed by atoms with E-state index in [1.165, 1.54) is 38.5 Å². The molecule has 0 amide bonds. The topological polar surface area (TPSA) is 83.6 Å². The largest absolute Gasteiger partial charge is 0.494 e. The number of oxime groups is 2. The van der Waals surface area contributed by atoms with E-state index >= 15 is 0 Å². The lowest BCUT2D eigenvalue weighted by Crippen LogP contribution is -2.06. The van der Waals surface area contributed by atoms with Crippen molar-refractivity contribution in [2.75, 3.05) is 13.2 Å². The summed E-state index contributed by atoms with van der Waals surface area (Å²) in [7, 11) is 0. The minimum Gasteiger partial charge on any atom is -0.494 e. The maximum Gasteiger partial charge on any atom is 0.119 e. The van der Waals surface area contributed by atoms with E-state index in [0.717, 1.165) is 48.7 Å². The van der Waals surface area contributed by atoms with Crippen LogP contribution in [0.1, 0.15) is 95.6 Å². The van der Waals surface area contributed by atoms with Gasteiger partial charge in [-0.25, -0.2) is 0 Å². The Morgan fingerprint density at radius 2 is 0.971 bits per heavy atom. The van der Waals surface area contributed by atoms with Gasteiger partial charge in [0.25, 0.3) is 0 Å². The molecule has 0 saturated carbocycles. The number of rotatable bonds is 18. The molecule has 0 aliphatic carbocycles. The number of nitrogens with zero attached hydrogens (tertiary/aromatic N) is 2. The first kappa shape index (κ1) is 28.2. The van der Waals surface area contributed by atoms with Crippen LogP contribution in [0.3, 0.4) is 0 Å². The molecule has 0 radical (unpaired) electrons. The number of unbranched alkanes of at least 4 members (excludes halogenated alkanes) is 6. The molecule has 0 bridgehead atoms. The van der Waals surface area contributed by atoms with E-state index in [1.807, 2.05) is 48.5 Å². The normalized spacial score (nSPS) is 12.1. The molecular formula is C29H42N2O4. The van der Waals surface area contributed by atoms with Crippen LogP contribution in [-0.2, 0) is 0 Å². The zero-order valence-corrected chi connectivity index (χ0v) is 21.4. The van der Waals surface area contributed by atoms with Crippen molar-refractivity contribution in [3.05, 3.63) is 59.7 Å². The monoisotopic (exact) mass is 482 g/mol. The first-order valence-electron chi connectivity index (χ1n) is 13.1. The van der Waals surface area contributed by atoms with Crippen LogP contribution >= 0.6 is 0 Å². The highest BCUT2D eigenvalue weighted by molar-refractivity contribution is 6.02. The van der Waals surface area contributed by atoms with E-state index in [0.29, 0.717) is 30.7 Å². The van der Waals surface area contributed by atoms with Crippen LogP contribution in [0.5, 0.6) is 11.5 Å². The second kappa shape index (κ2) is 17.4. The van der Waals surface area contributed by atoms with Crippen LogP contribution in [-0.4, -0.2) is 35.1 Å². The Labute approximate surface area is 210 Å². The van der Waals surface area contributed by atoms with Crippen molar-refractivity contribution in [1.82, 2.24) is 0 Å². The lowest BCUT2D eigenvalue weighted by molar-refractivity contribution is 0.305. The van der Waals surface area contributed by atoms with E-state index < -0.39 is 0 Å². The molecule has 0 unspecified atom stereocenters. The van der Waals surface area contributed by atoms with Gasteiger partial charge in [0.15, 0.2) is 0 Å². The molecule has 0 aromatic heterocycles. The zero-order valence-electron chi connectivity index (χ0n) is 21.4. The molecule has 0 saturated heterocycles. The van der Waals surface area contributed by atoms with Crippen molar-refractivity contribution in [2.24, 2.45) is 10.3 Å². The molecule has 2 N–H and O–H groups in total. The molecule has 0 aliphatic rings. The first-order valence-corrected chi connectivity index (χ1v) is 13.1. The molecule has 6 heteroatoms. The third-order valence-corrected chi connectivity index (χ3v) is 5.98. The molecular weight excluding hydrogens is 440 g/mol. The summed E-state index contributed by atoms with van der Waals surface area (Å²) in [6.45, 7) is 5.83. The highest BCUT2D eigenvalue weighted by Gasteiger charge is 2.09. The fraction of sp³-hybridized carbons (Fsp3) is 0.517. The van der Waals surface area contributed by atoms with Crippen LogP contribution in [0.25, 0.3) is 0 Å². The lowest BCUT2D eigenvalue weighted by atomic mass is 10.0. The van der Waals surface area contributed by atoms with E-state index in [9.17, 15) is 10.4 Å². The van der Waals surface area contributed by atoms with Crippen molar-refractivity contribution in [3.63, 3.8) is 0 Å². The van der Waals surface area contributed by atoms with Gasteiger partial charge in [-0.3, -0.25) is 0 Å². The Balaban J connectivity index is 1.78. The Kier molecular flexibility index (Phi) is 14.0. The van der Waals surface area contributed by atoms with Gasteiger partial charge in [-0.05, 0) is 91.8 Å². The summed E-state index contributed by atoms with van der Waals surface area (Å²) in [4.78, 5) is 0. The Hall–Kier alpha value is -3.02. The molecule has 192 valence electrons. The second-order valence-electron chi connectivity index (χ2n) is 8.81. The van der Waals surface area contributed by atoms with Gasteiger partial charge in [0.05, 0.1) is 24.6 Å². The third kappa shape index (κ3) is 10.8. The van der Waals surface area contributed by atoms with Crippen LogP contribution < -0.4 is 9.47 Å². The smallest absolute Gasteiger partial charge is 0.119 e. The molecule has 0 aliphatic heterocycles. The maximum atomic E-state index is 9.52. The van der Waals surface area contributed by atoms with Crippen LogP contribution in [0.2, 0.25) is 0 Å². The number of ether oxygens (including phenoxy) is 2. The molecule has 0 spiro atoms. The van der Waals surface area contributed by atoms with Crippen LogP contribution in [0.4, 0.5) is 0 Å². The number of hydrogen-bond donors (Lipinski definition) is 2. The van der Waals surface area contributed by atoms with Crippen molar-refractivity contribution in [1.29, 1.82) is 0 Å². The molecule has 35 heavy (non-hydrogen) atoms. The predicted octanol–water partition coefficient (Wildman–Crippen LogP) is 7.83. The Bertz CT molecular complexity index is 803. The van der Waals surface area contributed by atoms with Crippen LogP contribution in [0, 0.1) is 0 Å². The molecule has 2 rings (SSSR count). The maximum absolute atomic E-state index is 9.52. The summed E-state index contributed by atoms with van der Waals surface area (Å²) in [5.41, 5.74) is 2.91. The van der Waals surface area contributed by atoms with E-state index in [2.05, 4.69) is 24.2 Å².